The highest BCUT2D eigenvalue weighted by molar-refractivity contribution is 5.94. The van der Waals surface area contributed by atoms with Crippen molar-refractivity contribution in [3.8, 4) is 0 Å². The van der Waals surface area contributed by atoms with Crippen LogP contribution in [0.3, 0.4) is 0 Å². The number of carbonyl (C=O) groups excluding carboxylic acids is 2. The summed E-state index contributed by atoms with van der Waals surface area (Å²) in [5.74, 6) is -0.937. The summed E-state index contributed by atoms with van der Waals surface area (Å²) in [4.78, 5) is 26.4. The van der Waals surface area contributed by atoms with Crippen LogP contribution in [0.15, 0.2) is 48.5 Å². The molecule has 30 heavy (non-hydrogen) atoms. The molecule has 2 unspecified atom stereocenters. The summed E-state index contributed by atoms with van der Waals surface area (Å²) in [5, 5.41) is 5.52. The second-order valence-corrected chi connectivity index (χ2v) is 8.50. The van der Waals surface area contributed by atoms with Gasteiger partial charge in [0.2, 0.25) is 5.91 Å². The summed E-state index contributed by atoms with van der Waals surface area (Å²) in [6, 6.07) is 14.8. The van der Waals surface area contributed by atoms with E-state index in [4.69, 9.17) is 0 Å². The minimum absolute atomic E-state index is 0.0148. The van der Waals surface area contributed by atoms with E-state index >= 15 is 0 Å². The van der Waals surface area contributed by atoms with Crippen molar-refractivity contribution in [2.75, 3.05) is 27.7 Å². The van der Waals surface area contributed by atoms with E-state index in [1.54, 1.807) is 6.07 Å². The highest BCUT2D eigenvalue weighted by Crippen LogP contribution is 2.53. The lowest BCUT2D eigenvalue weighted by molar-refractivity contribution is -0.122. The van der Waals surface area contributed by atoms with Gasteiger partial charge >= 0.3 is 0 Å². The molecule has 2 amide bonds. The van der Waals surface area contributed by atoms with E-state index in [9.17, 15) is 14.0 Å². The lowest BCUT2D eigenvalue weighted by Gasteiger charge is -2.25. The van der Waals surface area contributed by atoms with Gasteiger partial charge in [-0.3, -0.25) is 9.59 Å². The lowest BCUT2D eigenvalue weighted by Crippen LogP contribution is -2.42. The van der Waals surface area contributed by atoms with E-state index in [1.165, 1.54) is 24.7 Å². The molecule has 0 radical (unpaired) electrons. The molecule has 0 aliphatic heterocycles. The maximum atomic E-state index is 14.3. The number of halogens is 1. The number of rotatable bonds is 8. The molecule has 0 bridgehead atoms. The summed E-state index contributed by atoms with van der Waals surface area (Å²) in [6.07, 6.45) is 1.42. The Balaban J connectivity index is 1.60. The van der Waals surface area contributed by atoms with E-state index < -0.39 is 11.7 Å². The predicted octanol–water partition coefficient (Wildman–Crippen LogP) is 2.75. The SMILES string of the molecule is CNC(=O)c1ccc(C[C@@H](CNC(=O)C2CC2(C)c2ccccc2)N(C)C)cc1F. The zero-order valence-corrected chi connectivity index (χ0v) is 18.0. The van der Waals surface area contributed by atoms with Crippen LogP contribution in [-0.2, 0) is 16.6 Å². The summed E-state index contributed by atoms with van der Waals surface area (Å²) >= 11 is 0. The maximum Gasteiger partial charge on any atom is 0.253 e. The fourth-order valence-corrected chi connectivity index (χ4v) is 3.94. The van der Waals surface area contributed by atoms with Crippen molar-refractivity contribution in [3.63, 3.8) is 0 Å². The van der Waals surface area contributed by atoms with E-state index in [-0.39, 0.29) is 28.8 Å². The van der Waals surface area contributed by atoms with Crippen LogP contribution < -0.4 is 10.6 Å². The fourth-order valence-electron chi connectivity index (χ4n) is 3.94. The zero-order valence-electron chi connectivity index (χ0n) is 18.0. The molecule has 1 aliphatic carbocycles. The number of hydrogen-bond donors (Lipinski definition) is 2. The van der Waals surface area contributed by atoms with Gasteiger partial charge in [-0.1, -0.05) is 43.3 Å². The van der Waals surface area contributed by atoms with Crippen molar-refractivity contribution in [3.05, 3.63) is 71.0 Å². The van der Waals surface area contributed by atoms with Gasteiger partial charge in [-0.15, -0.1) is 0 Å². The van der Waals surface area contributed by atoms with Gasteiger partial charge in [0, 0.05) is 31.0 Å². The highest BCUT2D eigenvalue weighted by Gasteiger charge is 2.55. The lowest BCUT2D eigenvalue weighted by atomic mass is 9.95. The average Bonchev–Trinajstić information content (AvgIpc) is 3.44. The molecule has 5 nitrogen and oxygen atoms in total. The molecule has 0 heterocycles. The van der Waals surface area contributed by atoms with Gasteiger partial charge in [0.1, 0.15) is 5.82 Å². The van der Waals surface area contributed by atoms with Crippen molar-refractivity contribution >= 4 is 11.8 Å². The topological polar surface area (TPSA) is 61.4 Å². The van der Waals surface area contributed by atoms with E-state index in [1.807, 2.05) is 37.2 Å². The summed E-state index contributed by atoms with van der Waals surface area (Å²) in [5.41, 5.74) is 1.91. The number of carbonyl (C=O) groups is 2. The Labute approximate surface area is 177 Å². The number of nitrogens with zero attached hydrogens (tertiary/aromatic N) is 1. The van der Waals surface area contributed by atoms with Gasteiger partial charge in [0.25, 0.3) is 5.91 Å². The molecular formula is C24H30FN3O2. The van der Waals surface area contributed by atoms with Crippen LogP contribution in [0.1, 0.15) is 34.8 Å². The first-order chi connectivity index (χ1) is 14.3. The third kappa shape index (κ3) is 4.70. The van der Waals surface area contributed by atoms with Crippen molar-refractivity contribution < 1.29 is 14.0 Å². The number of hydrogen-bond acceptors (Lipinski definition) is 3. The van der Waals surface area contributed by atoms with Crippen LogP contribution in [0.4, 0.5) is 4.39 Å². The third-order valence-corrected chi connectivity index (χ3v) is 6.21. The quantitative estimate of drug-likeness (QED) is 0.702. The molecule has 6 heteroatoms. The largest absolute Gasteiger partial charge is 0.355 e. The third-order valence-electron chi connectivity index (χ3n) is 6.21. The molecule has 0 saturated heterocycles. The van der Waals surface area contributed by atoms with Crippen LogP contribution in [0.2, 0.25) is 0 Å². The number of nitrogens with one attached hydrogen (secondary N) is 2. The Morgan fingerprint density at radius 2 is 1.90 bits per heavy atom. The second-order valence-electron chi connectivity index (χ2n) is 8.50. The molecule has 2 aromatic rings. The maximum absolute atomic E-state index is 14.3. The van der Waals surface area contributed by atoms with Gasteiger partial charge in [-0.2, -0.15) is 0 Å². The zero-order chi connectivity index (χ0) is 21.9. The Hall–Kier alpha value is -2.73. The van der Waals surface area contributed by atoms with Crippen molar-refractivity contribution in [2.24, 2.45) is 5.92 Å². The Morgan fingerprint density at radius 3 is 2.50 bits per heavy atom. The Kier molecular flexibility index (Phi) is 6.56. The first-order valence-electron chi connectivity index (χ1n) is 10.3. The van der Waals surface area contributed by atoms with Crippen LogP contribution in [0, 0.1) is 11.7 Å². The van der Waals surface area contributed by atoms with Crippen LogP contribution in [0.5, 0.6) is 0 Å². The Bertz CT molecular complexity index is 916. The minimum atomic E-state index is -0.537. The molecule has 1 aliphatic rings. The molecule has 1 fully saturated rings. The summed E-state index contributed by atoms with van der Waals surface area (Å²) in [6.45, 7) is 2.61. The normalized spacial score (nSPS) is 21.2. The van der Waals surface area contributed by atoms with Crippen molar-refractivity contribution in [1.29, 1.82) is 0 Å². The minimum Gasteiger partial charge on any atom is -0.355 e. The highest BCUT2D eigenvalue weighted by atomic mass is 19.1. The van der Waals surface area contributed by atoms with E-state index in [0.29, 0.717) is 13.0 Å². The van der Waals surface area contributed by atoms with Gasteiger partial charge < -0.3 is 15.5 Å². The molecule has 3 rings (SSSR count). The van der Waals surface area contributed by atoms with E-state index in [0.717, 1.165) is 12.0 Å². The molecule has 0 spiro atoms. The van der Waals surface area contributed by atoms with Crippen LogP contribution in [0.25, 0.3) is 0 Å². The molecule has 2 aromatic carbocycles. The van der Waals surface area contributed by atoms with Gasteiger partial charge in [-0.05, 0) is 50.2 Å². The Morgan fingerprint density at radius 1 is 1.20 bits per heavy atom. The number of amides is 2. The molecule has 3 atom stereocenters. The number of likely N-dealkylation sites (N-methyl/N-ethyl adjacent to an activating group) is 1. The smallest absolute Gasteiger partial charge is 0.253 e. The first kappa shape index (κ1) is 22.0. The number of benzene rings is 2. The van der Waals surface area contributed by atoms with Gasteiger partial charge in [-0.25, -0.2) is 4.39 Å². The van der Waals surface area contributed by atoms with Gasteiger partial charge in [0.15, 0.2) is 0 Å². The molecular weight excluding hydrogens is 381 g/mol. The summed E-state index contributed by atoms with van der Waals surface area (Å²) < 4.78 is 14.3. The predicted molar refractivity (Wildman–Crippen MR) is 116 cm³/mol. The van der Waals surface area contributed by atoms with Gasteiger partial charge in [0.05, 0.1) is 5.56 Å². The van der Waals surface area contributed by atoms with Crippen LogP contribution in [-0.4, -0.2) is 50.4 Å². The molecule has 0 aromatic heterocycles. The molecule has 160 valence electrons. The van der Waals surface area contributed by atoms with E-state index in [2.05, 4.69) is 29.7 Å². The van der Waals surface area contributed by atoms with Crippen LogP contribution >= 0.6 is 0 Å². The fraction of sp³-hybridized carbons (Fsp3) is 0.417. The molecule has 1 saturated carbocycles. The summed E-state index contributed by atoms with van der Waals surface area (Å²) in [7, 11) is 5.36. The van der Waals surface area contributed by atoms with Crippen molar-refractivity contribution in [1.82, 2.24) is 15.5 Å². The first-order valence-corrected chi connectivity index (χ1v) is 10.3. The monoisotopic (exact) mass is 411 g/mol. The van der Waals surface area contributed by atoms with Crippen molar-refractivity contribution in [2.45, 2.75) is 31.2 Å². The second kappa shape index (κ2) is 8.96. The molecule has 2 N–H and O–H groups in total. The standard InChI is InChI=1S/C24H30FN3O2/c1-24(17-8-6-5-7-9-17)14-20(24)23(30)27-15-18(28(3)4)12-16-10-11-19(21(25)13-16)22(29)26-2/h5-11,13,18,20H,12,14-15H2,1-4H3,(H,26,29)(H,27,30)/t18-,20?,24?/m0/s1. The average molecular weight is 412 g/mol.